The molecular weight excluding hydrogens is 274 g/mol. The first-order valence-corrected chi connectivity index (χ1v) is 7.17. The molecule has 21 heavy (non-hydrogen) atoms. The molecule has 0 aliphatic carbocycles. The Morgan fingerprint density at radius 1 is 1.33 bits per heavy atom. The van der Waals surface area contributed by atoms with E-state index >= 15 is 0 Å². The molecular formula is C15H21NO5. The summed E-state index contributed by atoms with van der Waals surface area (Å²) in [4.78, 5) is 11.8. The SMILES string of the molecule is CCCNC(COc1ccc2c(c1)OCO2)C(=O)OCC. The average molecular weight is 295 g/mol. The van der Waals surface area contributed by atoms with Gasteiger partial charge >= 0.3 is 5.97 Å². The molecule has 0 spiro atoms. The van der Waals surface area contributed by atoms with E-state index in [9.17, 15) is 4.79 Å². The van der Waals surface area contributed by atoms with Crippen LogP contribution < -0.4 is 19.5 Å². The second-order valence-electron chi connectivity index (χ2n) is 4.58. The van der Waals surface area contributed by atoms with Crippen LogP contribution in [0.1, 0.15) is 20.3 Å². The molecule has 1 atom stereocenters. The number of rotatable bonds is 8. The van der Waals surface area contributed by atoms with E-state index in [1.807, 2.05) is 6.92 Å². The Labute approximate surface area is 124 Å². The molecule has 1 N–H and O–H groups in total. The van der Waals surface area contributed by atoms with Crippen LogP contribution in [0.15, 0.2) is 18.2 Å². The molecule has 0 saturated carbocycles. The van der Waals surface area contributed by atoms with Crippen molar-refractivity contribution < 1.29 is 23.7 Å². The smallest absolute Gasteiger partial charge is 0.326 e. The summed E-state index contributed by atoms with van der Waals surface area (Å²) in [6, 6.07) is 4.85. The first-order chi connectivity index (χ1) is 10.2. The highest BCUT2D eigenvalue weighted by atomic mass is 16.7. The number of carbonyl (C=O) groups excluding carboxylic acids is 1. The van der Waals surface area contributed by atoms with Gasteiger partial charge in [-0.05, 0) is 32.0 Å². The Bertz CT molecular complexity index is 477. The fraction of sp³-hybridized carbons (Fsp3) is 0.533. The lowest BCUT2D eigenvalue weighted by atomic mass is 10.3. The highest BCUT2D eigenvalue weighted by Crippen LogP contribution is 2.35. The van der Waals surface area contributed by atoms with Gasteiger partial charge in [0.15, 0.2) is 11.5 Å². The minimum absolute atomic E-state index is 0.207. The summed E-state index contributed by atoms with van der Waals surface area (Å²) < 4.78 is 21.2. The van der Waals surface area contributed by atoms with Crippen LogP contribution in [0, 0.1) is 0 Å². The lowest BCUT2D eigenvalue weighted by Gasteiger charge is -2.17. The minimum Gasteiger partial charge on any atom is -0.491 e. The Kier molecular flexibility index (Phi) is 5.68. The maximum Gasteiger partial charge on any atom is 0.326 e. The molecule has 116 valence electrons. The van der Waals surface area contributed by atoms with Crippen LogP contribution in [-0.4, -0.2) is 38.6 Å². The van der Waals surface area contributed by atoms with Gasteiger partial charge in [0.1, 0.15) is 18.4 Å². The molecule has 6 nitrogen and oxygen atoms in total. The van der Waals surface area contributed by atoms with Crippen molar-refractivity contribution in [3.05, 3.63) is 18.2 Å². The van der Waals surface area contributed by atoms with Crippen molar-refractivity contribution in [1.82, 2.24) is 5.32 Å². The molecule has 1 aliphatic rings. The third-order valence-electron chi connectivity index (χ3n) is 2.97. The fourth-order valence-corrected chi connectivity index (χ4v) is 1.92. The molecule has 0 fully saturated rings. The summed E-state index contributed by atoms with van der Waals surface area (Å²) >= 11 is 0. The van der Waals surface area contributed by atoms with E-state index < -0.39 is 6.04 Å². The lowest BCUT2D eigenvalue weighted by Crippen LogP contribution is -2.43. The zero-order valence-corrected chi connectivity index (χ0v) is 12.4. The standard InChI is InChI=1S/C15H21NO5/c1-3-7-16-12(15(17)18-4-2)9-19-11-5-6-13-14(8-11)21-10-20-13/h5-6,8,12,16H,3-4,7,9-10H2,1-2H3. The summed E-state index contributed by atoms with van der Waals surface area (Å²) in [5.74, 6) is 1.69. The maximum atomic E-state index is 11.8. The van der Waals surface area contributed by atoms with Crippen LogP contribution >= 0.6 is 0 Å². The first kappa shape index (κ1) is 15.4. The van der Waals surface area contributed by atoms with Gasteiger partial charge in [-0.1, -0.05) is 6.92 Å². The van der Waals surface area contributed by atoms with Gasteiger partial charge in [-0.25, -0.2) is 0 Å². The third-order valence-corrected chi connectivity index (χ3v) is 2.97. The van der Waals surface area contributed by atoms with Crippen LogP contribution in [0.4, 0.5) is 0 Å². The topological polar surface area (TPSA) is 66.0 Å². The molecule has 0 radical (unpaired) electrons. The number of hydrogen-bond donors (Lipinski definition) is 1. The van der Waals surface area contributed by atoms with Crippen molar-refractivity contribution in [3.63, 3.8) is 0 Å². The highest BCUT2D eigenvalue weighted by molar-refractivity contribution is 5.76. The van der Waals surface area contributed by atoms with Crippen LogP contribution in [0.25, 0.3) is 0 Å². The molecule has 0 saturated heterocycles. The molecule has 1 unspecified atom stereocenters. The molecule has 2 rings (SSSR count). The average Bonchev–Trinajstić information content (AvgIpc) is 2.95. The van der Waals surface area contributed by atoms with E-state index in [2.05, 4.69) is 5.32 Å². The number of hydrogen-bond acceptors (Lipinski definition) is 6. The normalized spacial score (nSPS) is 13.8. The number of carbonyl (C=O) groups is 1. The summed E-state index contributed by atoms with van der Waals surface area (Å²) in [5, 5.41) is 3.12. The molecule has 1 aliphatic heterocycles. The number of ether oxygens (including phenoxy) is 4. The summed E-state index contributed by atoms with van der Waals surface area (Å²) in [6.07, 6.45) is 0.930. The van der Waals surface area contributed by atoms with Gasteiger partial charge in [0.05, 0.1) is 6.61 Å². The molecule has 0 amide bonds. The van der Waals surface area contributed by atoms with Crippen LogP contribution in [0.3, 0.4) is 0 Å². The quantitative estimate of drug-likeness (QED) is 0.737. The molecule has 1 aromatic carbocycles. The second-order valence-corrected chi connectivity index (χ2v) is 4.58. The van der Waals surface area contributed by atoms with Crippen molar-refractivity contribution in [2.24, 2.45) is 0 Å². The van der Waals surface area contributed by atoms with Crippen LogP contribution in [0.2, 0.25) is 0 Å². The first-order valence-electron chi connectivity index (χ1n) is 7.17. The fourth-order valence-electron chi connectivity index (χ4n) is 1.92. The second kappa shape index (κ2) is 7.73. The van der Waals surface area contributed by atoms with Crippen molar-refractivity contribution >= 4 is 5.97 Å². The van der Waals surface area contributed by atoms with Crippen molar-refractivity contribution in [2.45, 2.75) is 26.3 Å². The molecule has 6 heteroatoms. The van der Waals surface area contributed by atoms with Gasteiger partial charge in [0.2, 0.25) is 6.79 Å². The van der Waals surface area contributed by atoms with Gasteiger partial charge in [0, 0.05) is 6.07 Å². The zero-order chi connectivity index (χ0) is 15.1. The van der Waals surface area contributed by atoms with E-state index in [0.717, 1.165) is 13.0 Å². The molecule has 1 heterocycles. The minimum atomic E-state index is -0.477. The maximum absolute atomic E-state index is 11.8. The van der Waals surface area contributed by atoms with Crippen LogP contribution in [0.5, 0.6) is 17.2 Å². The Morgan fingerprint density at radius 2 is 2.14 bits per heavy atom. The van der Waals surface area contributed by atoms with E-state index in [4.69, 9.17) is 18.9 Å². The van der Waals surface area contributed by atoms with Crippen molar-refractivity contribution in [3.8, 4) is 17.2 Å². The number of esters is 1. The summed E-state index contributed by atoms with van der Waals surface area (Å²) in [6.45, 7) is 5.34. The zero-order valence-electron chi connectivity index (χ0n) is 12.4. The Morgan fingerprint density at radius 3 is 2.90 bits per heavy atom. The van der Waals surface area contributed by atoms with Crippen molar-refractivity contribution in [1.29, 1.82) is 0 Å². The van der Waals surface area contributed by atoms with Crippen molar-refractivity contribution in [2.75, 3.05) is 26.6 Å². The Hall–Kier alpha value is -1.95. The van der Waals surface area contributed by atoms with E-state index in [1.165, 1.54) is 0 Å². The highest BCUT2D eigenvalue weighted by Gasteiger charge is 2.20. The van der Waals surface area contributed by atoms with Gasteiger partial charge in [0.25, 0.3) is 0 Å². The van der Waals surface area contributed by atoms with E-state index in [1.54, 1.807) is 25.1 Å². The number of nitrogens with one attached hydrogen (secondary N) is 1. The summed E-state index contributed by atoms with van der Waals surface area (Å²) in [7, 11) is 0. The number of benzene rings is 1. The van der Waals surface area contributed by atoms with Gasteiger partial charge in [-0.15, -0.1) is 0 Å². The van der Waals surface area contributed by atoms with Gasteiger partial charge < -0.3 is 24.3 Å². The monoisotopic (exact) mass is 295 g/mol. The molecule has 0 aromatic heterocycles. The largest absolute Gasteiger partial charge is 0.491 e. The third kappa shape index (κ3) is 4.26. The predicted molar refractivity (Wildman–Crippen MR) is 76.8 cm³/mol. The lowest BCUT2D eigenvalue weighted by molar-refractivity contribution is -0.146. The van der Waals surface area contributed by atoms with Gasteiger partial charge in [-0.2, -0.15) is 0 Å². The predicted octanol–water partition coefficient (Wildman–Crippen LogP) is 1.73. The van der Waals surface area contributed by atoms with Gasteiger partial charge in [-0.3, -0.25) is 4.79 Å². The number of fused-ring (bicyclic) bond motifs is 1. The summed E-state index contributed by atoms with van der Waals surface area (Å²) in [5.41, 5.74) is 0. The molecule has 0 bridgehead atoms. The van der Waals surface area contributed by atoms with E-state index in [0.29, 0.717) is 23.9 Å². The van der Waals surface area contributed by atoms with E-state index in [-0.39, 0.29) is 19.4 Å². The Balaban J connectivity index is 1.92. The molecule has 1 aromatic rings. The van der Waals surface area contributed by atoms with Crippen LogP contribution in [-0.2, 0) is 9.53 Å².